The Kier molecular flexibility index (Phi) is 7.52. The molecule has 0 radical (unpaired) electrons. The van der Waals surface area contributed by atoms with Crippen LogP contribution in [0.3, 0.4) is 0 Å². The molecule has 0 unspecified atom stereocenters. The van der Waals surface area contributed by atoms with Crippen LogP contribution in [-0.4, -0.2) is 79.4 Å². The molecule has 0 spiro atoms. The Balaban J connectivity index is 1.51. The predicted molar refractivity (Wildman–Crippen MR) is 145 cm³/mol. The van der Waals surface area contributed by atoms with Gasteiger partial charge in [0.25, 0.3) is 17.9 Å². The number of aromatic nitrogens is 3. The van der Waals surface area contributed by atoms with Gasteiger partial charge in [0.15, 0.2) is 5.82 Å². The Bertz CT molecular complexity index is 1440. The molecule has 5 rings (SSSR count). The van der Waals surface area contributed by atoms with Gasteiger partial charge in [-0.2, -0.15) is 16.9 Å². The van der Waals surface area contributed by atoms with Gasteiger partial charge < -0.3 is 25.2 Å². The number of anilines is 2. The summed E-state index contributed by atoms with van der Waals surface area (Å²) in [4.78, 5) is 43.0. The number of carbonyl (C=O) groups is 2. The lowest BCUT2D eigenvalue weighted by molar-refractivity contribution is 0.0760. The van der Waals surface area contributed by atoms with Crippen molar-refractivity contribution >= 4 is 46.2 Å². The first-order chi connectivity index (χ1) is 18.7. The van der Waals surface area contributed by atoms with Crippen LogP contribution in [0.4, 0.5) is 25.1 Å². The second-order valence-electron chi connectivity index (χ2n) is 9.81. The standard InChI is InChI=1S/C26H30F2N6O4S/c1-2-26(6-9-33(10-7-26)25(37)38)34-19-5-8-29-23(35)20(19)22(31-34)30-16-3-4-17(18(15-16)21(27)28)24(36)32-11-13-39-14-12-32/h3-5,8,15,21H,2,6-7,9-14H2,1H3,(H,29,35)(H,30,31)(H,37,38). The predicted octanol–water partition coefficient (Wildman–Crippen LogP) is 4.47. The van der Waals surface area contributed by atoms with E-state index in [9.17, 15) is 28.3 Å². The second kappa shape index (κ2) is 10.9. The summed E-state index contributed by atoms with van der Waals surface area (Å²) in [6.07, 6.45) is -0.632. The zero-order chi connectivity index (χ0) is 27.7. The summed E-state index contributed by atoms with van der Waals surface area (Å²) in [6.45, 7) is 3.69. The number of nitrogens with one attached hydrogen (secondary N) is 2. The molecule has 2 aromatic heterocycles. The van der Waals surface area contributed by atoms with Crippen molar-refractivity contribution < 1.29 is 23.5 Å². The number of carbonyl (C=O) groups excluding carboxylic acids is 1. The number of H-pyrrole nitrogens is 1. The van der Waals surface area contributed by atoms with Gasteiger partial charge >= 0.3 is 6.09 Å². The van der Waals surface area contributed by atoms with E-state index in [4.69, 9.17) is 5.10 Å². The molecule has 0 saturated carbocycles. The van der Waals surface area contributed by atoms with Crippen molar-refractivity contribution in [2.75, 3.05) is 43.0 Å². The van der Waals surface area contributed by atoms with Crippen LogP contribution in [0.5, 0.6) is 0 Å². The summed E-state index contributed by atoms with van der Waals surface area (Å²) in [5.74, 6) is 1.33. The lowest BCUT2D eigenvalue weighted by Crippen LogP contribution is -2.47. The number of amides is 2. The first kappa shape index (κ1) is 27.0. The lowest BCUT2D eigenvalue weighted by atomic mass is 9.85. The summed E-state index contributed by atoms with van der Waals surface area (Å²) < 4.78 is 30.0. The van der Waals surface area contributed by atoms with Crippen LogP contribution in [0.2, 0.25) is 0 Å². The van der Waals surface area contributed by atoms with Crippen LogP contribution in [0.15, 0.2) is 35.3 Å². The Morgan fingerprint density at radius 2 is 1.87 bits per heavy atom. The normalized spacial score (nSPS) is 17.5. The van der Waals surface area contributed by atoms with Gasteiger partial charge in [-0.05, 0) is 43.5 Å². The van der Waals surface area contributed by atoms with Gasteiger partial charge in [0, 0.05) is 60.7 Å². The molecule has 2 fully saturated rings. The number of hydrogen-bond acceptors (Lipinski definition) is 6. The number of thioether (sulfide) groups is 1. The Hall–Kier alpha value is -3.61. The van der Waals surface area contributed by atoms with Gasteiger partial charge in [-0.3, -0.25) is 14.3 Å². The molecule has 208 valence electrons. The third kappa shape index (κ3) is 5.07. The maximum atomic E-state index is 14.1. The minimum absolute atomic E-state index is 0.0363. The van der Waals surface area contributed by atoms with Crippen molar-refractivity contribution in [2.45, 2.75) is 38.2 Å². The van der Waals surface area contributed by atoms with E-state index < -0.39 is 24.0 Å². The molecule has 1 aromatic carbocycles. The fourth-order valence-corrected chi connectivity index (χ4v) is 6.35. The summed E-state index contributed by atoms with van der Waals surface area (Å²) in [5, 5.41) is 17.4. The van der Waals surface area contributed by atoms with Crippen molar-refractivity contribution in [2.24, 2.45) is 0 Å². The van der Waals surface area contributed by atoms with Gasteiger partial charge in [-0.1, -0.05) is 6.92 Å². The largest absolute Gasteiger partial charge is 0.465 e. The fraction of sp³-hybridized carbons (Fsp3) is 0.462. The first-order valence-electron chi connectivity index (χ1n) is 12.9. The molecule has 0 bridgehead atoms. The lowest BCUT2D eigenvalue weighted by Gasteiger charge is -2.41. The number of fused-ring (bicyclic) bond motifs is 1. The molecule has 4 heterocycles. The van der Waals surface area contributed by atoms with Gasteiger partial charge in [0.05, 0.1) is 11.1 Å². The van der Waals surface area contributed by atoms with Crippen molar-refractivity contribution in [3.63, 3.8) is 0 Å². The van der Waals surface area contributed by atoms with E-state index in [-0.39, 0.29) is 33.6 Å². The van der Waals surface area contributed by atoms with Gasteiger partial charge in [-0.15, -0.1) is 0 Å². The molecule has 39 heavy (non-hydrogen) atoms. The molecule has 2 amide bonds. The Morgan fingerprint density at radius 3 is 2.51 bits per heavy atom. The zero-order valence-electron chi connectivity index (χ0n) is 21.5. The average molecular weight is 561 g/mol. The minimum atomic E-state index is -2.87. The van der Waals surface area contributed by atoms with E-state index >= 15 is 0 Å². The highest BCUT2D eigenvalue weighted by molar-refractivity contribution is 7.99. The number of pyridine rings is 1. The minimum Gasteiger partial charge on any atom is -0.465 e. The number of halogens is 2. The molecule has 10 nitrogen and oxygen atoms in total. The summed E-state index contributed by atoms with van der Waals surface area (Å²) >= 11 is 1.72. The zero-order valence-corrected chi connectivity index (χ0v) is 22.3. The Morgan fingerprint density at radius 1 is 1.15 bits per heavy atom. The maximum absolute atomic E-state index is 14.1. The first-order valence-corrected chi connectivity index (χ1v) is 14.0. The number of piperidine rings is 1. The van der Waals surface area contributed by atoms with E-state index in [0.717, 1.165) is 11.5 Å². The molecule has 3 N–H and O–H groups in total. The van der Waals surface area contributed by atoms with Crippen molar-refractivity contribution in [1.82, 2.24) is 24.6 Å². The fourth-order valence-electron chi connectivity index (χ4n) is 5.45. The number of likely N-dealkylation sites (tertiary alicyclic amines) is 1. The molecule has 2 aliphatic heterocycles. The summed E-state index contributed by atoms with van der Waals surface area (Å²) in [6, 6.07) is 5.91. The van der Waals surface area contributed by atoms with E-state index in [0.29, 0.717) is 51.0 Å². The Labute approximate surface area is 227 Å². The highest BCUT2D eigenvalue weighted by Crippen LogP contribution is 2.38. The third-order valence-corrected chi connectivity index (χ3v) is 8.70. The van der Waals surface area contributed by atoms with Crippen molar-refractivity contribution in [1.29, 1.82) is 0 Å². The summed E-state index contributed by atoms with van der Waals surface area (Å²) in [5.41, 5.74) is -0.486. The number of benzene rings is 1. The van der Waals surface area contributed by atoms with Crippen LogP contribution in [0, 0.1) is 0 Å². The number of aromatic amines is 1. The number of nitrogens with zero attached hydrogens (tertiary/aromatic N) is 4. The van der Waals surface area contributed by atoms with Gasteiger partial charge in [0.1, 0.15) is 5.39 Å². The van der Waals surface area contributed by atoms with Gasteiger partial charge in [-0.25, -0.2) is 13.6 Å². The average Bonchev–Trinajstić information content (AvgIpc) is 3.33. The van der Waals surface area contributed by atoms with Crippen molar-refractivity contribution in [3.8, 4) is 0 Å². The SMILES string of the molecule is CCC1(n2nc(Nc3ccc(C(=O)N4CCSCC4)c(C(F)F)c3)c3c(=O)[nH]ccc32)CCN(C(=O)O)CC1. The number of rotatable bonds is 6. The molecular weight excluding hydrogens is 530 g/mol. The molecule has 0 aliphatic carbocycles. The van der Waals surface area contributed by atoms with E-state index in [2.05, 4.69) is 10.3 Å². The van der Waals surface area contributed by atoms with E-state index in [1.807, 2.05) is 6.92 Å². The molecule has 0 atom stereocenters. The highest BCUT2D eigenvalue weighted by Gasteiger charge is 2.38. The van der Waals surface area contributed by atoms with Crippen LogP contribution in [-0.2, 0) is 5.54 Å². The highest BCUT2D eigenvalue weighted by atomic mass is 32.2. The monoisotopic (exact) mass is 560 g/mol. The molecule has 13 heteroatoms. The van der Waals surface area contributed by atoms with Crippen LogP contribution in [0.25, 0.3) is 10.9 Å². The van der Waals surface area contributed by atoms with Crippen molar-refractivity contribution in [3.05, 3.63) is 51.9 Å². The topological polar surface area (TPSA) is 124 Å². The molecule has 2 aliphatic rings. The smallest absolute Gasteiger partial charge is 0.407 e. The van der Waals surface area contributed by atoms with Crippen LogP contribution >= 0.6 is 11.8 Å². The van der Waals surface area contributed by atoms with Gasteiger partial charge in [0.2, 0.25) is 0 Å². The van der Waals surface area contributed by atoms with E-state index in [1.165, 1.54) is 23.2 Å². The summed E-state index contributed by atoms with van der Waals surface area (Å²) in [7, 11) is 0. The quantitative estimate of drug-likeness (QED) is 0.406. The third-order valence-electron chi connectivity index (χ3n) is 7.75. The van der Waals surface area contributed by atoms with Crippen LogP contribution < -0.4 is 10.9 Å². The number of hydrogen-bond donors (Lipinski definition) is 3. The molecular formula is C26H30F2N6O4S. The molecule has 2 saturated heterocycles. The van der Waals surface area contributed by atoms with E-state index in [1.54, 1.807) is 33.5 Å². The number of carboxylic acid groups (broad SMARTS) is 1. The van der Waals surface area contributed by atoms with Crippen LogP contribution in [0.1, 0.15) is 48.5 Å². The molecule has 3 aromatic rings. The second-order valence-corrected chi connectivity index (χ2v) is 11.0. The maximum Gasteiger partial charge on any atom is 0.407 e. The number of alkyl halides is 2.